The highest BCUT2D eigenvalue weighted by molar-refractivity contribution is 6.13. The molecule has 0 saturated carbocycles. The van der Waals surface area contributed by atoms with Crippen LogP contribution in [-0.2, 0) is 5.41 Å². The largest absolute Gasteiger partial charge is 0.344 e. The van der Waals surface area contributed by atoms with Gasteiger partial charge in [0.15, 0.2) is 5.84 Å². The number of amidine groups is 2. The minimum Gasteiger partial charge on any atom is -0.344 e. The van der Waals surface area contributed by atoms with Gasteiger partial charge >= 0.3 is 0 Å². The van der Waals surface area contributed by atoms with E-state index in [0.717, 1.165) is 33.7 Å². The van der Waals surface area contributed by atoms with Gasteiger partial charge in [-0.25, -0.2) is 9.98 Å². The molecule has 1 aliphatic heterocycles. The van der Waals surface area contributed by atoms with Gasteiger partial charge in [-0.2, -0.15) is 5.26 Å². The zero-order chi connectivity index (χ0) is 38.5. The summed E-state index contributed by atoms with van der Waals surface area (Å²) in [5, 5.41) is 15.7. The van der Waals surface area contributed by atoms with Crippen LogP contribution in [0, 0.1) is 11.3 Å². The Balaban J connectivity index is 1.02. The molecule has 0 fully saturated rings. The van der Waals surface area contributed by atoms with E-state index in [1.807, 2.05) is 42.5 Å². The third kappa shape index (κ3) is 5.93. The first-order valence-corrected chi connectivity index (χ1v) is 19.4. The Hall–Kier alpha value is -7.35. The molecule has 4 heteroatoms. The molecule has 1 heterocycles. The van der Waals surface area contributed by atoms with E-state index >= 15 is 0 Å². The molecule has 1 N–H and O–H groups in total. The molecule has 0 saturated heterocycles. The van der Waals surface area contributed by atoms with E-state index in [2.05, 4.69) is 165 Å². The van der Waals surface area contributed by atoms with Crippen molar-refractivity contribution in [1.29, 1.82) is 5.26 Å². The van der Waals surface area contributed by atoms with Crippen LogP contribution in [0.25, 0.3) is 55.3 Å². The van der Waals surface area contributed by atoms with E-state index in [9.17, 15) is 5.26 Å². The summed E-state index contributed by atoms with van der Waals surface area (Å²) < 4.78 is 0. The third-order valence-electron chi connectivity index (χ3n) is 11.6. The fraction of sp³-hybridized carbons (Fsp3) is 0.0755. The monoisotopic (exact) mass is 730 g/mol. The minimum atomic E-state index is -0.299. The highest BCUT2D eigenvalue weighted by atomic mass is 15.2. The van der Waals surface area contributed by atoms with Crippen LogP contribution in [0.3, 0.4) is 0 Å². The third-order valence-corrected chi connectivity index (χ3v) is 11.6. The Kier molecular flexibility index (Phi) is 8.24. The first-order valence-electron chi connectivity index (χ1n) is 19.4. The molecular formula is C53H38N4. The maximum absolute atomic E-state index is 9.65. The van der Waals surface area contributed by atoms with Gasteiger partial charge in [-0.3, -0.25) is 0 Å². The van der Waals surface area contributed by atoms with Crippen LogP contribution in [0.2, 0.25) is 0 Å². The van der Waals surface area contributed by atoms with Crippen molar-refractivity contribution >= 4 is 22.4 Å². The van der Waals surface area contributed by atoms with Gasteiger partial charge in [-0.15, -0.1) is 0 Å². The first-order chi connectivity index (χ1) is 28.0. The molecule has 4 nitrogen and oxygen atoms in total. The predicted molar refractivity (Wildman–Crippen MR) is 234 cm³/mol. The summed E-state index contributed by atoms with van der Waals surface area (Å²) in [6.45, 7) is 4.52. The molecule has 0 radical (unpaired) electrons. The van der Waals surface area contributed by atoms with Gasteiger partial charge < -0.3 is 5.32 Å². The van der Waals surface area contributed by atoms with Gasteiger partial charge in [0.1, 0.15) is 12.0 Å². The van der Waals surface area contributed by atoms with Crippen LogP contribution in [-0.4, -0.2) is 11.7 Å². The number of fused-ring (bicyclic) bond motifs is 4. The lowest BCUT2D eigenvalue weighted by Gasteiger charge is -2.24. The number of benzene rings is 8. The summed E-state index contributed by atoms with van der Waals surface area (Å²) in [5.74, 6) is 1.52. The second-order valence-corrected chi connectivity index (χ2v) is 15.3. The van der Waals surface area contributed by atoms with E-state index in [4.69, 9.17) is 9.98 Å². The molecule has 1 aliphatic carbocycles. The highest BCUT2D eigenvalue weighted by Crippen LogP contribution is 2.52. The quantitative estimate of drug-likeness (QED) is 0.185. The van der Waals surface area contributed by atoms with Crippen LogP contribution >= 0.6 is 0 Å². The molecule has 8 aromatic rings. The molecule has 8 aromatic carbocycles. The molecule has 2 aliphatic rings. The standard InChI is InChI=1S/C53H38N4/c1-53(2)46-19-11-18-43(49(46)45-30-20-34(33-54)32-47(45)53)36-21-23-37(24-22-36)44-31-29-35-12-9-10-17-42(35)48(44)38-25-27-41(28-26-38)52-56-50(39-13-5-3-6-14-39)55-51(57-52)40-15-7-4-8-16-40/h3-32,52H,1-2H3,(H,55,56,57). The maximum atomic E-state index is 9.65. The molecule has 1 atom stereocenters. The molecule has 0 spiro atoms. The van der Waals surface area contributed by atoms with Crippen molar-refractivity contribution in [3.8, 4) is 50.6 Å². The lowest BCUT2D eigenvalue weighted by molar-refractivity contribution is 0.660. The lowest BCUT2D eigenvalue weighted by atomic mass is 9.81. The second kappa shape index (κ2) is 13.7. The van der Waals surface area contributed by atoms with Gasteiger partial charge in [0, 0.05) is 16.5 Å². The van der Waals surface area contributed by atoms with E-state index in [1.165, 1.54) is 55.3 Å². The van der Waals surface area contributed by atoms with Gasteiger partial charge in [0.05, 0.1) is 11.6 Å². The summed E-state index contributed by atoms with van der Waals surface area (Å²) in [6, 6.07) is 66.5. The Labute approximate surface area is 333 Å². The number of aliphatic imine (C=N–C) groups is 2. The van der Waals surface area contributed by atoms with E-state index in [-0.39, 0.29) is 11.6 Å². The van der Waals surface area contributed by atoms with Crippen molar-refractivity contribution in [3.05, 3.63) is 215 Å². The normalized spacial score (nSPS) is 15.1. The number of hydrogen-bond donors (Lipinski definition) is 1. The number of nitrogens with one attached hydrogen (secondary N) is 1. The predicted octanol–water partition coefficient (Wildman–Crippen LogP) is 12.5. The van der Waals surface area contributed by atoms with Crippen molar-refractivity contribution < 1.29 is 0 Å². The number of hydrogen-bond acceptors (Lipinski definition) is 4. The zero-order valence-corrected chi connectivity index (χ0v) is 31.7. The Bertz CT molecular complexity index is 2930. The highest BCUT2D eigenvalue weighted by Gasteiger charge is 2.37. The topological polar surface area (TPSA) is 60.5 Å². The summed E-state index contributed by atoms with van der Waals surface area (Å²) in [5.41, 5.74) is 15.6. The summed E-state index contributed by atoms with van der Waals surface area (Å²) in [4.78, 5) is 10.1. The molecule has 0 amide bonds. The van der Waals surface area contributed by atoms with Crippen molar-refractivity contribution in [2.24, 2.45) is 9.98 Å². The van der Waals surface area contributed by atoms with Gasteiger partial charge in [-0.05, 0) is 84.1 Å². The molecule has 57 heavy (non-hydrogen) atoms. The van der Waals surface area contributed by atoms with Crippen LogP contribution in [0.1, 0.15) is 53.4 Å². The van der Waals surface area contributed by atoms with Gasteiger partial charge in [0.25, 0.3) is 0 Å². The van der Waals surface area contributed by atoms with Crippen LogP contribution in [0.15, 0.2) is 192 Å². The van der Waals surface area contributed by atoms with Crippen LogP contribution in [0.5, 0.6) is 0 Å². The van der Waals surface area contributed by atoms with E-state index in [0.29, 0.717) is 11.4 Å². The van der Waals surface area contributed by atoms with Gasteiger partial charge in [0.2, 0.25) is 0 Å². The Morgan fingerprint density at radius 2 is 1.16 bits per heavy atom. The van der Waals surface area contributed by atoms with Gasteiger partial charge in [-0.1, -0.05) is 184 Å². The molecule has 10 rings (SSSR count). The van der Waals surface area contributed by atoms with Crippen molar-refractivity contribution in [2.45, 2.75) is 25.4 Å². The first kappa shape index (κ1) is 34.2. The SMILES string of the molecule is CC1(C)c2cc(C#N)ccc2-c2c(-c3ccc(-c4ccc5ccccc5c4-c4ccc(C5N=C(c6ccccc6)N=C(c6ccccc6)N5)cc4)cc3)cccc21. The molecule has 0 aromatic heterocycles. The average molecular weight is 731 g/mol. The molecule has 270 valence electrons. The number of nitriles is 1. The van der Waals surface area contributed by atoms with Crippen LogP contribution in [0.4, 0.5) is 0 Å². The minimum absolute atomic E-state index is 0.190. The molecular weight excluding hydrogens is 693 g/mol. The van der Waals surface area contributed by atoms with E-state index in [1.54, 1.807) is 0 Å². The maximum Gasteiger partial charge on any atom is 0.159 e. The van der Waals surface area contributed by atoms with Crippen molar-refractivity contribution in [1.82, 2.24) is 5.32 Å². The second-order valence-electron chi connectivity index (χ2n) is 15.3. The van der Waals surface area contributed by atoms with Crippen molar-refractivity contribution in [3.63, 3.8) is 0 Å². The van der Waals surface area contributed by atoms with E-state index < -0.39 is 0 Å². The number of nitrogens with zero attached hydrogens (tertiary/aromatic N) is 3. The Morgan fingerprint density at radius 1 is 0.526 bits per heavy atom. The van der Waals surface area contributed by atoms with Crippen molar-refractivity contribution in [2.75, 3.05) is 0 Å². The fourth-order valence-electron chi connectivity index (χ4n) is 8.66. The average Bonchev–Trinajstić information content (AvgIpc) is 3.51. The summed E-state index contributed by atoms with van der Waals surface area (Å²) in [6.07, 6.45) is -0.299. The lowest BCUT2D eigenvalue weighted by Crippen LogP contribution is -2.33. The Morgan fingerprint density at radius 3 is 1.88 bits per heavy atom. The number of rotatable bonds is 6. The van der Waals surface area contributed by atoms with Crippen LogP contribution < -0.4 is 5.32 Å². The summed E-state index contributed by atoms with van der Waals surface area (Å²) in [7, 11) is 0. The zero-order valence-electron chi connectivity index (χ0n) is 31.7. The molecule has 0 bridgehead atoms. The smallest absolute Gasteiger partial charge is 0.159 e. The summed E-state index contributed by atoms with van der Waals surface area (Å²) >= 11 is 0. The fourth-order valence-corrected chi connectivity index (χ4v) is 8.66. The molecule has 1 unspecified atom stereocenters.